The Kier molecular flexibility index (Phi) is 3.37. The lowest BCUT2D eigenvalue weighted by Crippen LogP contribution is -2.41. The number of rotatable bonds is 5. The molecule has 3 saturated carbocycles. The first kappa shape index (κ1) is 13.8. The minimum Gasteiger partial charge on any atom is -0.313 e. The van der Waals surface area contributed by atoms with Crippen molar-refractivity contribution in [2.45, 2.75) is 64.8 Å². The fourth-order valence-corrected chi connectivity index (χ4v) is 5.17. The second kappa shape index (κ2) is 5.12. The van der Waals surface area contributed by atoms with Crippen LogP contribution in [0.15, 0.2) is 18.2 Å². The number of fused-ring (bicyclic) bond motifs is 2. The molecule has 0 aliphatic heterocycles. The topological polar surface area (TPSA) is 12.0 Å². The highest BCUT2D eigenvalue weighted by Gasteiger charge is 2.51. The largest absolute Gasteiger partial charge is 0.313 e. The summed E-state index contributed by atoms with van der Waals surface area (Å²) < 4.78 is 0. The number of hydrogen-bond acceptors (Lipinski definition) is 1. The van der Waals surface area contributed by atoms with Crippen molar-refractivity contribution in [2.24, 2.45) is 17.3 Å². The first-order valence-electron chi connectivity index (χ1n) is 8.95. The molecule has 3 aliphatic rings. The average molecular weight is 283 g/mol. The summed E-state index contributed by atoms with van der Waals surface area (Å²) in [6, 6.07) is 7.66. The molecule has 0 spiro atoms. The molecule has 1 aromatic carbocycles. The molecule has 1 aromatic rings. The van der Waals surface area contributed by atoms with Crippen LogP contribution in [0.25, 0.3) is 0 Å². The second-order valence-corrected chi connectivity index (χ2v) is 8.14. The number of benzene rings is 1. The van der Waals surface area contributed by atoms with Crippen LogP contribution in [-0.4, -0.2) is 12.6 Å². The van der Waals surface area contributed by atoms with Crippen molar-refractivity contribution in [3.8, 4) is 0 Å². The predicted molar refractivity (Wildman–Crippen MR) is 88.5 cm³/mol. The van der Waals surface area contributed by atoms with Crippen LogP contribution < -0.4 is 5.32 Å². The number of aryl methyl sites for hydroxylation is 2. The monoisotopic (exact) mass is 283 g/mol. The van der Waals surface area contributed by atoms with Gasteiger partial charge in [0.05, 0.1) is 0 Å². The molecule has 0 radical (unpaired) electrons. The van der Waals surface area contributed by atoms with Gasteiger partial charge in [-0.3, -0.25) is 0 Å². The molecule has 0 aromatic heterocycles. The van der Waals surface area contributed by atoms with E-state index in [0.29, 0.717) is 5.41 Å². The van der Waals surface area contributed by atoms with Gasteiger partial charge in [-0.05, 0) is 86.3 Å². The van der Waals surface area contributed by atoms with Crippen LogP contribution in [0.2, 0.25) is 0 Å². The Bertz CT molecular complexity index is 510. The van der Waals surface area contributed by atoms with Gasteiger partial charge >= 0.3 is 0 Å². The van der Waals surface area contributed by atoms with E-state index in [4.69, 9.17) is 0 Å². The minimum absolute atomic E-state index is 0.558. The quantitative estimate of drug-likeness (QED) is 0.844. The van der Waals surface area contributed by atoms with Gasteiger partial charge in [-0.25, -0.2) is 0 Å². The second-order valence-electron chi connectivity index (χ2n) is 8.14. The highest BCUT2D eigenvalue weighted by molar-refractivity contribution is 5.35. The Morgan fingerprint density at radius 1 is 1.10 bits per heavy atom. The molecule has 21 heavy (non-hydrogen) atoms. The average Bonchev–Trinajstić information content (AvgIpc) is 3.09. The summed E-state index contributed by atoms with van der Waals surface area (Å²) in [5.74, 6) is 2.01. The van der Waals surface area contributed by atoms with Crippen molar-refractivity contribution >= 4 is 0 Å². The highest BCUT2D eigenvalue weighted by atomic mass is 15.0. The lowest BCUT2D eigenvalue weighted by molar-refractivity contribution is 0.155. The molecule has 114 valence electrons. The van der Waals surface area contributed by atoms with Crippen LogP contribution in [0.4, 0.5) is 0 Å². The van der Waals surface area contributed by atoms with Gasteiger partial charge < -0.3 is 5.32 Å². The van der Waals surface area contributed by atoms with E-state index in [9.17, 15) is 0 Å². The zero-order chi connectivity index (χ0) is 14.4. The molecule has 0 amide bonds. The van der Waals surface area contributed by atoms with Gasteiger partial charge in [0, 0.05) is 12.6 Å². The summed E-state index contributed by atoms with van der Waals surface area (Å²) in [4.78, 5) is 0. The molecule has 0 saturated heterocycles. The summed E-state index contributed by atoms with van der Waals surface area (Å²) in [5, 5.41) is 3.88. The third-order valence-corrected chi connectivity index (χ3v) is 6.60. The van der Waals surface area contributed by atoms with Crippen LogP contribution in [0.5, 0.6) is 0 Å². The predicted octanol–water partition coefficient (Wildman–Crippen LogP) is 4.40. The third kappa shape index (κ3) is 2.54. The summed E-state index contributed by atoms with van der Waals surface area (Å²) >= 11 is 0. The number of nitrogens with one attached hydrogen (secondary N) is 1. The molecule has 1 heteroatoms. The SMILES string of the molecule is Cc1cccc(C)c1CC1(CNC2CC2)CC2CCC1C2. The number of hydrogen-bond donors (Lipinski definition) is 1. The summed E-state index contributed by atoms with van der Waals surface area (Å²) in [7, 11) is 0. The molecule has 2 bridgehead atoms. The van der Waals surface area contributed by atoms with Gasteiger partial charge in [0.25, 0.3) is 0 Å². The minimum atomic E-state index is 0.558. The van der Waals surface area contributed by atoms with Crippen molar-refractivity contribution < 1.29 is 0 Å². The van der Waals surface area contributed by atoms with Gasteiger partial charge in [-0.15, -0.1) is 0 Å². The molecule has 3 fully saturated rings. The van der Waals surface area contributed by atoms with E-state index >= 15 is 0 Å². The summed E-state index contributed by atoms with van der Waals surface area (Å²) in [6.07, 6.45) is 10.1. The molecule has 3 aliphatic carbocycles. The summed E-state index contributed by atoms with van der Waals surface area (Å²) in [5.41, 5.74) is 5.21. The fourth-order valence-electron chi connectivity index (χ4n) is 5.17. The van der Waals surface area contributed by atoms with Crippen LogP contribution in [0.3, 0.4) is 0 Å². The Hall–Kier alpha value is -0.820. The van der Waals surface area contributed by atoms with Crippen molar-refractivity contribution in [1.82, 2.24) is 5.32 Å². The maximum absolute atomic E-state index is 3.88. The molecule has 0 heterocycles. The van der Waals surface area contributed by atoms with E-state index in [0.717, 1.165) is 17.9 Å². The van der Waals surface area contributed by atoms with Crippen molar-refractivity contribution in [1.29, 1.82) is 0 Å². The van der Waals surface area contributed by atoms with E-state index in [-0.39, 0.29) is 0 Å². The Morgan fingerprint density at radius 3 is 2.43 bits per heavy atom. The van der Waals surface area contributed by atoms with E-state index in [1.165, 1.54) is 62.6 Å². The van der Waals surface area contributed by atoms with Gasteiger partial charge in [0.2, 0.25) is 0 Å². The highest BCUT2D eigenvalue weighted by Crippen LogP contribution is 2.57. The van der Waals surface area contributed by atoms with E-state index in [1.807, 2.05) is 0 Å². The molecule has 1 N–H and O–H groups in total. The first-order valence-corrected chi connectivity index (χ1v) is 8.95. The van der Waals surface area contributed by atoms with E-state index < -0.39 is 0 Å². The molecular formula is C20H29N. The van der Waals surface area contributed by atoms with Crippen molar-refractivity contribution in [3.63, 3.8) is 0 Å². The van der Waals surface area contributed by atoms with Crippen LogP contribution >= 0.6 is 0 Å². The van der Waals surface area contributed by atoms with Gasteiger partial charge in [0.15, 0.2) is 0 Å². The van der Waals surface area contributed by atoms with Crippen LogP contribution in [0.1, 0.15) is 55.2 Å². The van der Waals surface area contributed by atoms with Crippen molar-refractivity contribution in [2.75, 3.05) is 6.54 Å². The molecule has 3 unspecified atom stereocenters. The zero-order valence-electron chi connectivity index (χ0n) is 13.6. The summed E-state index contributed by atoms with van der Waals surface area (Å²) in [6.45, 7) is 5.88. The van der Waals surface area contributed by atoms with Gasteiger partial charge in [-0.2, -0.15) is 0 Å². The Labute approximate surface area is 129 Å². The smallest absolute Gasteiger partial charge is 0.00684 e. The van der Waals surface area contributed by atoms with Gasteiger partial charge in [-0.1, -0.05) is 24.6 Å². The Balaban J connectivity index is 1.60. The molecule has 3 atom stereocenters. The van der Waals surface area contributed by atoms with Gasteiger partial charge in [0.1, 0.15) is 0 Å². The first-order chi connectivity index (χ1) is 10.2. The molecular weight excluding hydrogens is 254 g/mol. The lowest BCUT2D eigenvalue weighted by atomic mass is 9.68. The van der Waals surface area contributed by atoms with Crippen LogP contribution in [0, 0.1) is 31.1 Å². The standard InChI is InChI=1S/C20H29N/c1-14-4-3-5-15(2)19(14)12-20(13-21-18-8-9-18)11-16-6-7-17(20)10-16/h3-5,16-18,21H,6-13H2,1-2H3. The normalized spacial score (nSPS) is 34.6. The van der Waals surface area contributed by atoms with Crippen LogP contribution in [-0.2, 0) is 6.42 Å². The zero-order valence-corrected chi connectivity index (χ0v) is 13.6. The maximum Gasteiger partial charge on any atom is 0.00684 e. The maximum atomic E-state index is 3.88. The third-order valence-electron chi connectivity index (χ3n) is 6.60. The van der Waals surface area contributed by atoms with E-state index in [1.54, 1.807) is 5.56 Å². The fraction of sp³-hybridized carbons (Fsp3) is 0.700. The van der Waals surface area contributed by atoms with E-state index in [2.05, 4.69) is 37.4 Å². The molecule has 4 rings (SSSR count). The molecule has 1 nitrogen and oxygen atoms in total. The lowest BCUT2D eigenvalue weighted by Gasteiger charge is -2.39. The Morgan fingerprint density at radius 2 is 1.86 bits per heavy atom. The van der Waals surface area contributed by atoms with Crippen molar-refractivity contribution in [3.05, 3.63) is 34.9 Å².